The molecule has 0 aliphatic rings. The van der Waals surface area contributed by atoms with Gasteiger partial charge in [0.05, 0.1) is 10.2 Å². The Hall–Kier alpha value is -1.76. The first-order valence-corrected chi connectivity index (χ1v) is 5.90. The van der Waals surface area contributed by atoms with Gasteiger partial charge >= 0.3 is 5.97 Å². The van der Waals surface area contributed by atoms with Crippen molar-refractivity contribution in [3.8, 4) is 0 Å². The van der Waals surface area contributed by atoms with Gasteiger partial charge in [-0.05, 0) is 35.8 Å². The van der Waals surface area contributed by atoms with Crippen LogP contribution in [0.4, 0.5) is 14.5 Å². The van der Waals surface area contributed by atoms with Crippen LogP contribution in [-0.4, -0.2) is 17.0 Å². The van der Waals surface area contributed by atoms with Crippen LogP contribution in [0.5, 0.6) is 0 Å². The highest BCUT2D eigenvalue weighted by molar-refractivity contribution is 9.10. The number of hydrogen-bond acceptors (Lipinski definition) is 2. The number of hydrogen-bond donors (Lipinski definition) is 2. The lowest BCUT2D eigenvalue weighted by Gasteiger charge is -2.08. The normalized spacial score (nSPS) is 11.8. The van der Waals surface area contributed by atoms with Crippen LogP contribution in [-0.2, 0) is 9.59 Å². The summed E-state index contributed by atoms with van der Waals surface area (Å²) in [4.78, 5) is 22.4. The van der Waals surface area contributed by atoms with Gasteiger partial charge in [0.2, 0.25) is 0 Å². The van der Waals surface area contributed by atoms with Crippen molar-refractivity contribution in [2.75, 3.05) is 5.32 Å². The zero-order valence-electron chi connectivity index (χ0n) is 10.1. The van der Waals surface area contributed by atoms with Crippen molar-refractivity contribution in [3.05, 3.63) is 39.4 Å². The predicted octanol–water partition coefficient (Wildman–Crippen LogP) is 3.09. The molecule has 0 aromatic heterocycles. The number of nitrogens with one attached hydrogen (secondary N) is 1. The van der Waals surface area contributed by atoms with Gasteiger partial charge in [-0.3, -0.25) is 4.79 Å². The van der Waals surface area contributed by atoms with Crippen LogP contribution in [0, 0.1) is 11.6 Å². The fourth-order valence-electron chi connectivity index (χ4n) is 1.17. The second kappa shape index (κ2) is 5.92. The van der Waals surface area contributed by atoms with Crippen LogP contribution in [0.3, 0.4) is 0 Å². The molecule has 102 valence electrons. The quantitative estimate of drug-likeness (QED) is 0.659. The molecule has 0 spiro atoms. The number of carbonyl (C=O) groups excluding carboxylic acids is 1. The van der Waals surface area contributed by atoms with E-state index in [0.29, 0.717) is 0 Å². The van der Waals surface area contributed by atoms with Gasteiger partial charge in [-0.25, -0.2) is 13.6 Å². The first kappa shape index (κ1) is 15.3. The van der Waals surface area contributed by atoms with Crippen molar-refractivity contribution in [1.29, 1.82) is 0 Å². The summed E-state index contributed by atoms with van der Waals surface area (Å²) < 4.78 is 26.6. The summed E-state index contributed by atoms with van der Waals surface area (Å²) >= 11 is 2.80. The highest BCUT2D eigenvalue weighted by atomic mass is 79.9. The fraction of sp³-hybridized carbons (Fsp3) is 0.167. The van der Waals surface area contributed by atoms with Gasteiger partial charge in [0, 0.05) is 17.2 Å². The lowest BCUT2D eigenvalue weighted by molar-refractivity contribution is -0.133. The Kier molecular flexibility index (Phi) is 4.77. The molecular weight excluding hydrogens is 324 g/mol. The molecule has 1 aromatic rings. The van der Waals surface area contributed by atoms with E-state index in [1.54, 1.807) is 0 Å². The van der Waals surface area contributed by atoms with Crippen LogP contribution in [0.1, 0.15) is 13.8 Å². The van der Waals surface area contributed by atoms with Gasteiger partial charge in [-0.15, -0.1) is 0 Å². The molecule has 0 saturated carbocycles. The molecule has 0 unspecified atom stereocenters. The Balaban J connectivity index is 3.05. The monoisotopic (exact) mass is 333 g/mol. The molecule has 0 atom stereocenters. The Morgan fingerprint density at radius 1 is 1.16 bits per heavy atom. The van der Waals surface area contributed by atoms with E-state index in [1.165, 1.54) is 13.8 Å². The zero-order chi connectivity index (χ0) is 14.7. The van der Waals surface area contributed by atoms with Crippen LogP contribution in [0.15, 0.2) is 27.8 Å². The number of carboxylic acid groups (broad SMARTS) is 1. The summed E-state index contributed by atoms with van der Waals surface area (Å²) in [5.74, 6) is -3.63. The minimum Gasteiger partial charge on any atom is -0.478 e. The van der Waals surface area contributed by atoms with E-state index in [1.807, 2.05) is 0 Å². The van der Waals surface area contributed by atoms with E-state index < -0.39 is 23.5 Å². The van der Waals surface area contributed by atoms with Gasteiger partial charge in [-0.2, -0.15) is 0 Å². The van der Waals surface area contributed by atoms with Crippen molar-refractivity contribution >= 4 is 33.5 Å². The summed E-state index contributed by atoms with van der Waals surface area (Å²) in [6.07, 6.45) is 0. The molecule has 0 aliphatic heterocycles. The first-order chi connectivity index (χ1) is 8.73. The molecule has 1 amide bonds. The smallest absolute Gasteiger partial charge is 0.331 e. The molecule has 2 N–H and O–H groups in total. The number of anilines is 1. The van der Waals surface area contributed by atoms with Crippen molar-refractivity contribution in [3.63, 3.8) is 0 Å². The number of carboxylic acids is 1. The van der Waals surface area contributed by atoms with Crippen LogP contribution in [0.25, 0.3) is 0 Å². The minimum absolute atomic E-state index is 0.0722. The van der Waals surface area contributed by atoms with E-state index in [2.05, 4.69) is 21.2 Å². The maximum atomic E-state index is 13.5. The second-order valence-electron chi connectivity index (χ2n) is 3.76. The summed E-state index contributed by atoms with van der Waals surface area (Å²) in [5.41, 5.74) is -0.617. The molecule has 0 fully saturated rings. The van der Waals surface area contributed by atoms with Gasteiger partial charge < -0.3 is 10.4 Å². The molecule has 0 radical (unpaired) electrons. The average molecular weight is 334 g/mol. The molecular formula is C12H10BrF2NO3. The highest BCUT2D eigenvalue weighted by Crippen LogP contribution is 2.23. The maximum Gasteiger partial charge on any atom is 0.331 e. The van der Waals surface area contributed by atoms with E-state index in [4.69, 9.17) is 5.11 Å². The molecule has 0 bridgehead atoms. The lowest BCUT2D eigenvalue weighted by Crippen LogP contribution is -2.17. The van der Waals surface area contributed by atoms with E-state index >= 15 is 0 Å². The SMILES string of the molecule is C/C(C(=O)O)=C(/C)C(=O)Nc1cc(F)c(Br)cc1F. The van der Waals surface area contributed by atoms with E-state index in [9.17, 15) is 18.4 Å². The standard InChI is InChI=1S/C12H10BrF2NO3/c1-5(6(2)12(18)19)11(17)16-10-4-8(14)7(13)3-9(10)15/h3-4H,1-2H3,(H,16,17)(H,18,19)/b6-5+. The predicted molar refractivity (Wildman–Crippen MR) is 68.7 cm³/mol. The molecule has 0 aliphatic carbocycles. The Bertz CT molecular complexity index is 585. The van der Waals surface area contributed by atoms with Gasteiger partial charge in [0.1, 0.15) is 11.6 Å². The van der Waals surface area contributed by atoms with Crippen molar-refractivity contribution in [2.45, 2.75) is 13.8 Å². The number of aliphatic carboxylic acids is 1. The summed E-state index contributed by atoms with van der Waals surface area (Å²) in [6, 6.07) is 1.68. The molecule has 0 saturated heterocycles. The summed E-state index contributed by atoms with van der Waals surface area (Å²) in [5, 5.41) is 10.8. The number of carbonyl (C=O) groups is 2. The summed E-state index contributed by atoms with van der Waals surface area (Å²) in [6.45, 7) is 2.53. The molecule has 1 aromatic carbocycles. The third-order valence-corrected chi connectivity index (χ3v) is 3.09. The van der Waals surface area contributed by atoms with Gasteiger partial charge in [-0.1, -0.05) is 0 Å². The topological polar surface area (TPSA) is 66.4 Å². The second-order valence-corrected chi connectivity index (χ2v) is 4.61. The molecule has 7 heteroatoms. The largest absolute Gasteiger partial charge is 0.478 e. The third kappa shape index (κ3) is 3.60. The van der Waals surface area contributed by atoms with Crippen LogP contribution >= 0.6 is 15.9 Å². The zero-order valence-corrected chi connectivity index (χ0v) is 11.6. The van der Waals surface area contributed by atoms with Gasteiger partial charge in [0.15, 0.2) is 0 Å². The minimum atomic E-state index is -1.25. The molecule has 19 heavy (non-hydrogen) atoms. The van der Waals surface area contributed by atoms with Crippen molar-refractivity contribution in [2.24, 2.45) is 0 Å². The van der Waals surface area contributed by atoms with Crippen molar-refractivity contribution in [1.82, 2.24) is 0 Å². The Morgan fingerprint density at radius 2 is 1.74 bits per heavy atom. The Labute approximate surface area is 116 Å². The first-order valence-electron chi connectivity index (χ1n) is 5.10. The number of amides is 1. The molecule has 0 heterocycles. The number of halogens is 3. The molecule has 1 rings (SSSR count). The van der Waals surface area contributed by atoms with Crippen LogP contribution in [0.2, 0.25) is 0 Å². The number of benzene rings is 1. The summed E-state index contributed by atoms with van der Waals surface area (Å²) in [7, 11) is 0. The van der Waals surface area contributed by atoms with Crippen LogP contribution < -0.4 is 5.32 Å². The number of rotatable bonds is 3. The highest BCUT2D eigenvalue weighted by Gasteiger charge is 2.15. The fourth-order valence-corrected chi connectivity index (χ4v) is 1.48. The van der Waals surface area contributed by atoms with E-state index in [0.717, 1.165) is 12.1 Å². The molecule has 4 nitrogen and oxygen atoms in total. The third-order valence-electron chi connectivity index (χ3n) is 2.48. The van der Waals surface area contributed by atoms with Gasteiger partial charge in [0.25, 0.3) is 5.91 Å². The van der Waals surface area contributed by atoms with E-state index in [-0.39, 0.29) is 21.3 Å². The van der Waals surface area contributed by atoms with Crippen molar-refractivity contribution < 1.29 is 23.5 Å². The lowest BCUT2D eigenvalue weighted by atomic mass is 10.1. The Morgan fingerprint density at radius 3 is 2.26 bits per heavy atom. The maximum absolute atomic E-state index is 13.5. The average Bonchev–Trinajstić information content (AvgIpc) is 2.33.